The molecule has 0 spiro atoms. The van der Waals surface area contributed by atoms with Crippen LogP contribution in [-0.4, -0.2) is 62.5 Å². The molecule has 3 aromatic rings. The fraction of sp³-hybridized carbons (Fsp3) is 0.478. The van der Waals surface area contributed by atoms with Crippen molar-refractivity contribution in [2.45, 2.75) is 44.8 Å². The van der Waals surface area contributed by atoms with Crippen molar-refractivity contribution in [1.29, 1.82) is 0 Å². The van der Waals surface area contributed by atoms with E-state index in [4.69, 9.17) is 14.2 Å². The number of rotatable bonds is 12. The molecule has 0 aliphatic carbocycles. The molecular formula is C23H32N6O4S. The molecule has 0 radical (unpaired) electrons. The summed E-state index contributed by atoms with van der Waals surface area (Å²) < 4.78 is 34.6. The monoisotopic (exact) mass is 488 g/mol. The lowest BCUT2D eigenvalue weighted by atomic mass is 10.1. The zero-order chi connectivity index (χ0) is 24.7. The van der Waals surface area contributed by atoms with Crippen molar-refractivity contribution in [3.05, 3.63) is 47.8 Å². The molecule has 184 valence electrons. The van der Waals surface area contributed by atoms with Crippen molar-refractivity contribution in [2.75, 3.05) is 32.7 Å². The van der Waals surface area contributed by atoms with Gasteiger partial charge in [0.15, 0.2) is 0 Å². The van der Waals surface area contributed by atoms with E-state index in [1.54, 1.807) is 38.3 Å². The summed E-state index contributed by atoms with van der Waals surface area (Å²) in [7, 11) is 4.83. The van der Waals surface area contributed by atoms with Gasteiger partial charge in [-0.1, -0.05) is 13.0 Å². The Morgan fingerprint density at radius 3 is 2.29 bits per heavy atom. The molecular weight excluding hydrogens is 456 g/mol. The fourth-order valence-electron chi connectivity index (χ4n) is 3.42. The van der Waals surface area contributed by atoms with Crippen molar-refractivity contribution in [2.24, 2.45) is 0 Å². The fourth-order valence-corrected chi connectivity index (χ4v) is 4.41. The lowest BCUT2D eigenvalue weighted by molar-refractivity contribution is 0.194. The Kier molecular flexibility index (Phi) is 9.08. The van der Waals surface area contributed by atoms with E-state index in [1.807, 2.05) is 39.0 Å². The standard InChI is InChI=1S/C23H32N6O4S/c1-15-13-24-22(25-14-15)16(2)17(3)34(30)28-23-27-26-20(11-8-12-31-4)29(23)21-18(32-5)9-7-10-19(21)33-6/h7,9-10,13-14,16-17H,8,11-12H2,1-6H3,(H,27,28). The minimum Gasteiger partial charge on any atom is -0.593 e. The van der Waals surface area contributed by atoms with E-state index in [0.717, 1.165) is 12.0 Å². The normalized spacial score (nSPS) is 13.9. The number of nitrogens with one attached hydrogen (secondary N) is 1. The number of hydrogen-bond acceptors (Lipinski definition) is 9. The van der Waals surface area contributed by atoms with Gasteiger partial charge < -0.3 is 18.8 Å². The number of ether oxygens (including phenoxy) is 3. The largest absolute Gasteiger partial charge is 0.593 e. The Bertz CT molecular complexity index is 1040. The van der Waals surface area contributed by atoms with Gasteiger partial charge in [0.1, 0.15) is 34.1 Å². The maximum absolute atomic E-state index is 13.3. The van der Waals surface area contributed by atoms with Crippen LogP contribution in [0.1, 0.15) is 43.4 Å². The van der Waals surface area contributed by atoms with E-state index in [-0.39, 0.29) is 11.2 Å². The average Bonchev–Trinajstić information content (AvgIpc) is 3.24. The molecule has 1 N–H and O–H groups in total. The van der Waals surface area contributed by atoms with Crippen molar-refractivity contribution < 1.29 is 18.8 Å². The van der Waals surface area contributed by atoms with E-state index in [2.05, 4.69) is 24.9 Å². The van der Waals surface area contributed by atoms with Gasteiger partial charge in [0.25, 0.3) is 5.95 Å². The van der Waals surface area contributed by atoms with E-state index in [1.165, 1.54) is 0 Å². The third-order valence-corrected chi connectivity index (χ3v) is 7.01. The molecule has 11 heteroatoms. The van der Waals surface area contributed by atoms with E-state index in [9.17, 15) is 4.55 Å². The van der Waals surface area contributed by atoms with Gasteiger partial charge in [0, 0.05) is 32.5 Å². The van der Waals surface area contributed by atoms with Crippen molar-refractivity contribution in [3.8, 4) is 17.2 Å². The summed E-state index contributed by atoms with van der Waals surface area (Å²) in [5, 5.41) is 8.38. The van der Waals surface area contributed by atoms with Gasteiger partial charge in [0.2, 0.25) is 0 Å². The SMILES string of the molecule is COCCCc1nnc(N[S+]([O-])C(C)C(C)c2ncc(C)cn2)n1-c1c(OC)cccc1OC. The molecule has 1 aromatic carbocycles. The molecule has 10 nitrogen and oxygen atoms in total. The molecule has 3 atom stereocenters. The second kappa shape index (κ2) is 12.0. The van der Waals surface area contributed by atoms with Crippen LogP contribution in [0.5, 0.6) is 11.5 Å². The van der Waals surface area contributed by atoms with Crippen LogP contribution >= 0.6 is 0 Å². The van der Waals surface area contributed by atoms with Crippen LogP contribution in [0, 0.1) is 6.92 Å². The average molecular weight is 489 g/mol. The van der Waals surface area contributed by atoms with Crippen molar-refractivity contribution >= 4 is 17.3 Å². The number of para-hydroxylation sites is 1. The number of aromatic nitrogens is 5. The maximum atomic E-state index is 13.3. The highest BCUT2D eigenvalue weighted by atomic mass is 32.2. The van der Waals surface area contributed by atoms with Crippen LogP contribution in [0.4, 0.5) is 5.95 Å². The van der Waals surface area contributed by atoms with Crippen LogP contribution in [0.25, 0.3) is 5.69 Å². The Morgan fingerprint density at radius 1 is 1.06 bits per heavy atom. The van der Waals surface area contributed by atoms with Crippen LogP contribution < -0.4 is 14.2 Å². The third-order valence-electron chi connectivity index (χ3n) is 5.55. The summed E-state index contributed by atoms with van der Waals surface area (Å²) in [5.41, 5.74) is 1.61. The van der Waals surface area contributed by atoms with Gasteiger partial charge in [-0.2, -0.15) is 4.72 Å². The number of benzene rings is 1. The van der Waals surface area contributed by atoms with Crippen LogP contribution in [-0.2, 0) is 22.5 Å². The van der Waals surface area contributed by atoms with Gasteiger partial charge in [-0.3, -0.25) is 4.57 Å². The number of anilines is 1. The first-order valence-corrected chi connectivity index (χ1v) is 12.2. The summed E-state index contributed by atoms with van der Waals surface area (Å²) in [6, 6.07) is 5.50. The van der Waals surface area contributed by atoms with Crippen LogP contribution in [0.3, 0.4) is 0 Å². The lowest BCUT2D eigenvalue weighted by Crippen LogP contribution is -2.31. The quantitative estimate of drug-likeness (QED) is 0.303. The van der Waals surface area contributed by atoms with Crippen LogP contribution in [0.15, 0.2) is 30.6 Å². The Hall–Kier alpha value is -2.89. The molecule has 34 heavy (non-hydrogen) atoms. The third kappa shape index (κ3) is 5.78. The zero-order valence-corrected chi connectivity index (χ0v) is 21.3. The molecule has 3 unspecified atom stereocenters. The second-order valence-electron chi connectivity index (χ2n) is 7.89. The Morgan fingerprint density at radius 2 is 1.71 bits per heavy atom. The molecule has 0 bridgehead atoms. The number of nitrogens with zero attached hydrogens (tertiary/aromatic N) is 5. The summed E-state index contributed by atoms with van der Waals surface area (Å²) >= 11 is -1.51. The van der Waals surface area contributed by atoms with Gasteiger partial charge in [-0.25, -0.2) is 9.97 Å². The molecule has 0 saturated carbocycles. The van der Waals surface area contributed by atoms with E-state index >= 15 is 0 Å². The van der Waals surface area contributed by atoms with Gasteiger partial charge in [-0.05, 0) is 38.0 Å². The summed E-state index contributed by atoms with van der Waals surface area (Å²) in [6.07, 6.45) is 4.87. The van der Waals surface area contributed by atoms with Gasteiger partial charge in [-0.15, -0.1) is 10.2 Å². The smallest absolute Gasteiger partial charge is 0.271 e. The topological polar surface area (TPSA) is 119 Å². The minimum absolute atomic E-state index is 0.146. The Labute approximate surface area is 203 Å². The lowest BCUT2D eigenvalue weighted by Gasteiger charge is -2.23. The predicted molar refractivity (Wildman–Crippen MR) is 131 cm³/mol. The summed E-state index contributed by atoms with van der Waals surface area (Å²) in [4.78, 5) is 8.79. The molecule has 2 heterocycles. The summed E-state index contributed by atoms with van der Waals surface area (Å²) in [5.74, 6) is 2.65. The highest BCUT2D eigenvalue weighted by molar-refractivity contribution is 7.93. The van der Waals surface area contributed by atoms with E-state index in [0.29, 0.717) is 47.8 Å². The van der Waals surface area contributed by atoms with Crippen molar-refractivity contribution in [1.82, 2.24) is 24.7 Å². The van der Waals surface area contributed by atoms with Gasteiger partial charge >= 0.3 is 0 Å². The molecule has 0 saturated heterocycles. The number of aryl methyl sites for hydroxylation is 2. The van der Waals surface area contributed by atoms with Crippen molar-refractivity contribution in [3.63, 3.8) is 0 Å². The number of methoxy groups -OCH3 is 3. The molecule has 0 aliphatic rings. The highest BCUT2D eigenvalue weighted by Crippen LogP contribution is 2.36. The first-order chi connectivity index (χ1) is 16.4. The predicted octanol–water partition coefficient (Wildman–Crippen LogP) is 3.23. The second-order valence-corrected chi connectivity index (χ2v) is 9.44. The zero-order valence-electron chi connectivity index (χ0n) is 20.4. The first kappa shape index (κ1) is 25.7. The highest BCUT2D eigenvalue weighted by Gasteiger charge is 2.31. The minimum atomic E-state index is -1.51. The first-order valence-electron chi connectivity index (χ1n) is 11.0. The summed E-state index contributed by atoms with van der Waals surface area (Å²) in [6.45, 7) is 6.36. The maximum Gasteiger partial charge on any atom is 0.271 e. The molecule has 2 aromatic heterocycles. The number of hydrogen-bond donors (Lipinski definition) is 1. The van der Waals surface area contributed by atoms with E-state index < -0.39 is 11.4 Å². The van der Waals surface area contributed by atoms with Gasteiger partial charge in [0.05, 0.1) is 31.5 Å². The van der Waals surface area contributed by atoms with Crippen LogP contribution in [0.2, 0.25) is 0 Å². The molecule has 0 aliphatic heterocycles. The molecule has 0 amide bonds. The molecule has 3 rings (SSSR count). The Balaban J connectivity index is 1.95. The molecule has 0 fully saturated rings.